The largest absolute Gasteiger partial charge is 0.326 e. The van der Waals surface area contributed by atoms with E-state index < -0.39 is 0 Å². The van der Waals surface area contributed by atoms with Gasteiger partial charge in [-0.2, -0.15) is 5.10 Å². The Hall–Kier alpha value is -3.47. The average molecular weight is 399 g/mol. The number of amides is 1. The number of nitrogens with zero attached hydrogens (tertiary/aromatic N) is 3. The van der Waals surface area contributed by atoms with Crippen molar-refractivity contribution in [2.24, 2.45) is 0 Å². The van der Waals surface area contributed by atoms with Gasteiger partial charge < -0.3 is 5.32 Å². The second-order valence-electron chi connectivity index (χ2n) is 7.72. The van der Waals surface area contributed by atoms with E-state index in [1.165, 1.54) is 5.56 Å². The number of nitrogens with one attached hydrogen (secondary N) is 1. The average Bonchev–Trinajstić information content (AvgIpc) is 3.16. The van der Waals surface area contributed by atoms with Crippen LogP contribution in [0, 0.1) is 27.7 Å². The van der Waals surface area contributed by atoms with Crippen LogP contribution in [-0.4, -0.2) is 20.5 Å². The summed E-state index contributed by atoms with van der Waals surface area (Å²) in [6.07, 6.45) is 1.02. The number of carbonyl (C=O) groups is 1. The van der Waals surface area contributed by atoms with Crippen LogP contribution in [-0.2, 0) is 11.2 Å². The fourth-order valence-electron chi connectivity index (χ4n) is 3.78. The van der Waals surface area contributed by atoms with E-state index in [-0.39, 0.29) is 5.91 Å². The number of hydrogen-bond acceptors (Lipinski definition) is 3. The number of aromatic nitrogens is 3. The molecule has 0 radical (unpaired) electrons. The van der Waals surface area contributed by atoms with Gasteiger partial charge in [0.15, 0.2) is 5.65 Å². The standard InChI is InChI=1S/C25H26N4O/c1-16-9-8-12-22(17(16)2)27-25(30)14-13-21-18(3)26-24-15-23(28-29(24)19(21)4)20-10-6-5-7-11-20/h5-12,15H,13-14H2,1-4H3,(H,27,30). The minimum Gasteiger partial charge on any atom is -0.326 e. The summed E-state index contributed by atoms with van der Waals surface area (Å²) in [5.74, 6) is 0.00744. The first-order chi connectivity index (χ1) is 14.4. The number of fused-ring (bicyclic) bond motifs is 1. The molecule has 0 saturated heterocycles. The van der Waals surface area contributed by atoms with Crippen molar-refractivity contribution >= 4 is 17.2 Å². The lowest BCUT2D eigenvalue weighted by Gasteiger charge is -2.12. The van der Waals surface area contributed by atoms with Gasteiger partial charge in [-0.3, -0.25) is 4.79 Å². The number of hydrogen-bond donors (Lipinski definition) is 1. The third-order valence-corrected chi connectivity index (χ3v) is 5.71. The molecule has 5 nitrogen and oxygen atoms in total. The molecule has 4 rings (SSSR count). The van der Waals surface area contributed by atoms with E-state index >= 15 is 0 Å². The molecular weight excluding hydrogens is 372 g/mol. The third kappa shape index (κ3) is 3.83. The normalized spacial score (nSPS) is 11.1. The number of anilines is 1. The Labute approximate surface area is 176 Å². The van der Waals surface area contributed by atoms with Crippen molar-refractivity contribution in [1.82, 2.24) is 14.6 Å². The number of carbonyl (C=O) groups excluding carboxylic acids is 1. The Morgan fingerprint density at radius 2 is 1.77 bits per heavy atom. The van der Waals surface area contributed by atoms with Crippen molar-refractivity contribution in [2.45, 2.75) is 40.5 Å². The van der Waals surface area contributed by atoms with Gasteiger partial charge in [-0.15, -0.1) is 0 Å². The van der Waals surface area contributed by atoms with Gasteiger partial charge in [0.2, 0.25) is 5.91 Å². The summed E-state index contributed by atoms with van der Waals surface area (Å²) in [7, 11) is 0. The lowest BCUT2D eigenvalue weighted by Crippen LogP contribution is -2.15. The van der Waals surface area contributed by atoms with Crippen LogP contribution in [0.3, 0.4) is 0 Å². The molecule has 2 aromatic carbocycles. The highest BCUT2D eigenvalue weighted by atomic mass is 16.1. The molecule has 0 aliphatic carbocycles. The maximum atomic E-state index is 12.6. The minimum atomic E-state index is 0.00744. The fourth-order valence-corrected chi connectivity index (χ4v) is 3.78. The number of benzene rings is 2. The van der Waals surface area contributed by atoms with Crippen LogP contribution in [0.15, 0.2) is 54.6 Å². The first kappa shape index (κ1) is 19.8. The predicted molar refractivity (Wildman–Crippen MR) is 121 cm³/mol. The Balaban J connectivity index is 1.55. The molecule has 152 valence electrons. The molecule has 0 atom stereocenters. The second-order valence-corrected chi connectivity index (χ2v) is 7.72. The molecule has 1 amide bonds. The highest BCUT2D eigenvalue weighted by Crippen LogP contribution is 2.23. The van der Waals surface area contributed by atoms with Crippen molar-refractivity contribution in [1.29, 1.82) is 0 Å². The summed E-state index contributed by atoms with van der Waals surface area (Å²) < 4.78 is 1.88. The fraction of sp³-hybridized carbons (Fsp3) is 0.240. The van der Waals surface area contributed by atoms with Crippen molar-refractivity contribution in [3.63, 3.8) is 0 Å². The zero-order chi connectivity index (χ0) is 21.3. The van der Waals surface area contributed by atoms with E-state index in [0.717, 1.165) is 45.1 Å². The monoisotopic (exact) mass is 398 g/mol. The van der Waals surface area contributed by atoms with Crippen molar-refractivity contribution in [3.8, 4) is 11.3 Å². The van der Waals surface area contributed by atoms with Crippen LogP contribution >= 0.6 is 0 Å². The zero-order valence-electron chi connectivity index (χ0n) is 17.9. The maximum Gasteiger partial charge on any atom is 0.224 e. The molecule has 0 bridgehead atoms. The summed E-state index contributed by atoms with van der Waals surface area (Å²) in [5.41, 5.74) is 8.98. The molecule has 5 heteroatoms. The summed E-state index contributed by atoms with van der Waals surface area (Å²) in [6.45, 7) is 8.12. The van der Waals surface area contributed by atoms with E-state index in [0.29, 0.717) is 12.8 Å². The molecule has 0 saturated carbocycles. The third-order valence-electron chi connectivity index (χ3n) is 5.71. The Morgan fingerprint density at radius 1 is 1.00 bits per heavy atom. The van der Waals surface area contributed by atoms with E-state index in [9.17, 15) is 4.79 Å². The lowest BCUT2D eigenvalue weighted by molar-refractivity contribution is -0.116. The van der Waals surface area contributed by atoms with Gasteiger partial charge in [0, 0.05) is 35.1 Å². The minimum absolute atomic E-state index is 0.00744. The maximum absolute atomic E-state index is 12.6. The molecule has 4 aromatic rings. The summed E-state index contributed by atoms with van der Waals surface area (Å²) in [6, 6.07) is 18.1. The van der Waals surface area contributed by atoms with Gasteiger partial charge in [0.05, 0.1) is 5.69 Å². The topological polar surface area (TPSA) is 59.3 Å². The van der Waals surface area contributed by atoms with Gasteiger partial charge in [-0.25, -0.2) is 9.50 Å². The molecule has 0 fully saturated rings. The molecule has 0 spiro atoms. The van der Waals surface area contributed by atoms with Crippen LogP contribution in [0.2, 0.25) is 0 Å². The van der Waals surface area contributed by atoms with Gasteiger partial charge in [0.25, 0.3) is 0 Å². The van der Waals surface area contributed by atoms with Crippen LogP contribution < -0.4 is 5.32 Å². The highest BCUT2D eigenvalue weighted by molar-refractivity contribution is 5.91. The number of rotatable bonds is 5. The summed E-state index contributed by atoms with van der Waals surface area (Å²) in [5, 5.41) is 7.80. The Kier molecular flexibility index (Phi) is 5.36. The molecule has 30 heavy (non-hydrogen) atoms. The molecule has 2 aromatic heterocycles. The van der Waals surface area contributed by atoms with Gasteiger partial charge in [-0.05, 0) is 56.9 Å². The van der Waals surface area contributed by atoms with Crippen LogP contribution in [0.25, 0.3) is 16.9 Å². The quantitative estimate of drug-likeness (QED) is 0.503. The van der Waals surface area contributed by atoms with E-state index in [1.807, 2.05) is 86.8 Å². The van der Waals surface area contributed by atoms with Gasteiger partial charge in [-0.1, -0.05) is 42.5 Å². The van der Waals surface area contributed by atoms with E-state index in [1.54, 1.807) is 0 Å². The Bertz CT molecular complexity index is 1230. The lowest BCUT2D eigenvalue weighted by atomic mass is 10.1. The molecule has 0 unspecified atom stereocenters. The van der Waals surface area contributed by atoms with E-state index in [2.05, 4.69) is 5.32 Å². The van der Waals surface area contributed by atoms with Crippen molar-refractivity contribution in [2.75, 3.05) is 5.32 Å². The van der Waals surface area contributed by atoms with Crippen LogP contribution in [0.5, 0.6) is 0 Å². The van der Waals surface area contributed by atoms with Crippen LogP contribution in [0.4, 0.5) is 5.69 Å². The smallest absolute Gasteiger partial charge is 0.224 e. The summed E-state index contributed by atoms with van der Waals surface area (Å²) >= 11 is 0. The Morgan fingerprint density at radius 3 is 2.53 bits per heavy atom. The molecule has 1 N–H and O–H groups in total. The van der Waals surface area contributed by atoms with Crippen molar-refractivity contribution in [3.05, 3.63) is 82.7 Å². The molecule has 0 aliphatic heterocycles. The zero-order valence-corrected chi connectivity index (χ0v) is 17.9. The highest BCUT2D eigenvalue weighted by Gasteiger charge is 2.15. The van der Waals surface area contributed by atoms with E-state index in [4.69, 9.17) is 10.1 Å². The molecule has 0 aliphatic rings. The second kappa shape index (κ2) is 8.11. The number of aryl methyl sites for hydroxylation is 3. The van der Waals surface area contributed by atoms with Gasteiger partial charge >= 0.3 is 0 Å². The summed E-state index contributed by atoms with van der Waals surface area (Å²) in [4.78, 5) is 17.3. The first-order valence-corrected chi connectivity index (χ1v) is 10.2. The SMILES string of the molecule is Cc1cccc(NC(=O)CCc2c(C)nc3cc(-c4ccccc4)nn3c2C)c1C. The van der Waals surface area contributed by atoms with Crippen LogP contribution in [0.1, 0.15) is 34.5 Å². The van der Waals surface area contributed by atoms with Crippen molar-refractivity contribution < 1.29 is 4.79 Å². The predicted octanol–water partition coefficient (Wildman–Crippen LogP) is 5.20. The van der Waals surface area contributed by atoms with Gasteiger partial charge in [0.1, 0.15) is 0 Å². The molecule has 2 heterocycles. The first-order valence-electron chi connectivity index (χ1n) is 10.2. The molecular formula is C25H26N4O.